The summed E-state index contributed by atoms with van der Waals surface area (Å²) < 4.78 is 10.1. The van der Waals surface area contributed by atoms with Crippen LogP contribution in [0.2, 0.25) is 0 Å². The van der Waals surface area contributed by atoms with Crippen molar-refractivity contribution in [3.8, 4) is 0 Å². The molecule has 0 aliphatic rings. The van der Waals surface area contributed by atoms with E-state index < -0.39 is 11.7 Å². The average Bonchev–Trinajstić information content (AvgIpc) is 2.49. The molecule has 16 heavy (non-hydrogen) atoms. The normalized spacial score (nSPS) is 11.2. The summed E-state index contributed by atoms with van der Waals surface area (Å²) in [5.41, 5.74) is 0.565. The minimum atomic E-state index is -0.475. The largest absolute Gasteiger partial charge is 0.444 e. The van der Waals surface area contributed by atoms with Crippen LogP contribution in [0.3, 0.4) is 0 Å². The van der Waals surface area contributed by atoms with E-state index in [-0.39, 0.29) is 0 Å². The zero-order chi connectivity index (χ0) is 12.2. The van der Waals surface area contributed by atoms with Gasteiger partial charge in [0.15, 0.2) is 0 Å². The number of anilines is 1. The van der Waals surface area contributed by atoms with E-state index in [9.17, 15) is 4.79 Å². The smallest absolute Gasteiger partial charge is 0.412 e. The van der Waals surface area contributed by atoms with E-state index in [1.807, 2.05) is 32.2 Å². The van der Waals surface area contributed by atoms with E-state index >= 15 is 0 Å². The first kappa shape index (κ1) is 13.0. The molecule has 0 saturated carbocycles. The van der Waals surface area contributed by atoms with Gasteiger partial charge in [-0.2, -0.15) is 0 Å². The van der Waals surface area contributed by atoms with Gasteiger partial charge in [0, 0.05) is 7.11 Å². The molecule has 0 fully saturated rings. The lowest BCUT2D eigenvalue weighted by molar-refractivity contribution is 0.0636. The molecule has 0 unspecified atom stereocenters. The zero-order valence-corrected chi connectivity index (χ0v) is 10.8. The molecule has 0 radical (unpaired) electrons. The van der Waals surface area contributed by atoms with Gasteiger partial charge >= 0.3 is 6.09 Å². The van der Waals surface area contributed by atoms with E-state index in [4.69, 9.17) is 9.47 Å². The van der Waals surface area contributed by atoms with Crippen molar-refractivity contribution in [3.63, 3.8) is 0 Å². The van der Waals surface area contributed by atoms with E-state index in [0.717, 1.165) is 10.6 Å². The molecule has 0 aliphatic heterocycles. The second-order valence-electron chi connectivity index (χ2n) is 4.38. The number of amides is 1. The molecule has 4 nitrogen and oxygen atoms in total. The first-order valence-electron chi connectivity index (χ1n) is 4.97. The second kappa shape index (κ2) is 5.32. The zero-order valence-electron chi connectivity index (χ0n) is 9.99. The Morgan fingerprint density at radius 3 is 2.75 bits per heavy atom. The Morgan fingerprint density at radius 1 is 1.50 bits per heavy atom. The molecule has 0 aromatic carbocycles. The van der Waals surface area contributed by atoms with E-state index in [1.165, 1.54) is 11.3 Å². The Labute approximate surface area is 99.6 Å². The van der Waals surface area contributed by atoms with Crippen molar-refractivity contribution in [1.29, 1.82) is 0 Å². The Hall–Kier alpha value is -1.07. The molecule has 0 bridgehead atoms. The lowest BCUT2D eigenvalue weighted by atomic mass is 10.2. The SMILES string of the molecule is COCc1csc(NC(=O)OC(C)(C)C)c1. The van der Waals surface area contributed by atoms with Crippen LogP contribution in [0.1, 0.15) is 26.3 Å². The number of rotatable bonds is 3. The Bertz CT molecular complexity index is 354. The molecule has 5 heteroatoms. The standard InChI is InChI=1S/C11H17NO3S/c1-11(2,3)15-10(13)12-9-5-8(6-14-4)7-16-9/h5,7H,6H2,1-4H3,(H,12,13). The molecule has 90 valence electrons. The fourth-order valence-electron chi connectivity index (χ4n) is 1.09. The third kappa shape index (κ3) is 4.63. The number of ether oxygens (including phenoxy) is 2. The lowest BCUT2D eigenvalue weighted by Crippen LogP contribution is -2.26. The van der Waals surface area contributed by atoms with Crippen LogP contribution >= 0.6 is 11.3 Å². The first-order chi connectivity index (χ1) is 7.40. The quantitative estimate of drug-likeness (QED) is 0.886. The highest BCUT2D eigenvalue weighted by atomic mass is 32.1. The maximum Gasteiger partial charge on any atom is 0.412 e. The van der Waals surface area contributed by atoms with Crippen molar-refractivity contribution in [2.24, 2.45) is 0 Å². The summed E-state index contributed by atoms with van der Waals surface area (Å²) >= 11 is 1.45. The van der Waals surface area contributed by atoms with Crippen molar-refractivity contribution in [2.75, 3.05) is 12.4 Å². The fourth-order valence-corrected chi connectivity index (χ4v) is 1.86. The molecule has 0 atom stereocenters. The number of carbonyl (C=O) groups is 1. The summed E-state index contributed by atoms with van der Waals surface area (Å²) in [4.78, 5) is 11.4. The van der Waals surface area contributed by atoms with Crippen LogP contribution in [-0.2, 0) is 16.1 Å². The molecule has 1 heterocycles. The molecule has 0 aliphatic carbocycles. The second-order valence-corrected chi connectivity index (χ2v) is 5.29. The highest BCUT2D eigenvalue weighted by molar-refractivity contribution is 7.14. The molecular weight excluding hydrogens is 226 g/mol. The van der Waals surface area contributed by atoms with Crippen molar-refractivity contribution in [2.45, 2.75) is 33.0 Å². The number of hydrogen-bond acceptors (Lipinski definition) is 4. The van der Waals surface area contributed by atoms with Gasteiger partial charge in [-0.25, -0.2) is 4.79 Å². The summed E-state index contributed by atoms with van der Waals surface area (Å²) in [7, 11) is 1.64. The van der Waals surface area contributed by atoms with Gasteiger partial charge in [-0.15, -0.1) is 11.3 Å². The van der Waals surface area contributed by atoms with E-state index in [1.54, 1.807) is 7.11 Å². The van der Waals surface area contributed by atoms with Crippen molar-refractivity contribution in [3.05, 3.63) is 17.0 Å². The molecule has 1 aromatic rings. The Kier molecular flexibility index (Phi) is 4.32. The van der Waals surface area contributed by atoms with Crippen LogP contribution in [-0.4, -0.2) is 18.8 Å². The molecule has 0 saturated heterocycles. The Morgan fingerprint density at radius 2 is 2.19 bits per heavy atom. The highest BCUT2D eigenvalue weighted by Crippen LogP contribution is 2.21. The number of hydrogen-bond donors (Lipinski definition) is 1. The van der Waals surface area contributed by atoms with Crippen molar-refractivity contribution in [1.82, 2.24) is 0 Å². The minimum Gasteiger partial charge on any atom is -0.444 e. The van der Waals surface area contributed by atoms with Gasteiger partial charge in [-0.3, -0.25) is 5.32 Å². The van der Waals surface area contributed by atoms with Gasteiger partial charge in [-0.05, 0) is 37.8 Å². The summed E-state index contributed by atoms with van der Waals surface area (Å²) in [6.45, 7) is 6.04. The predicted molar refractivity (Wildman–Crippen MR) is 64.9 cm³/mol. The van der Waals surface area contributed by atoms with Gasteiger partial charge < -0.3 is 9.47 Å². The lowest BCUT2D eigenvalue weighted by Gasteiger charge is -2.19. The number of nitrogens with one attached hydrogen (secondary N) is 1. The van der Waals surface area contributed by atoms with Crippen molar-refractivity contribution >= 4 is 22.4 Å². The monoisotopic (exact) mass is 243 g/mol. The summed E-state index contributed by atoms with van der Waals surface area (Å²) in [5.74, 6) is 0. The van der Waals surface area contributed by atoms with Crippen LogP contribution < -0.4 is 5.32 Å². The average molecular weight is 243 g/mol. The van der Waals surface area contributed by atoms with E-state index in [2.05, 4.69) is 5.32 Å². The van der Waals surface area contributed by atoms with Gasteiger partial charge in [0.2, 0.25) is 0 Å². The molecule has 1 rings (SSSR count). The third-order valence-corrected chi connectivity index (χ3v) is 2.48. The van der Waals surface area contributed by atoms with Crippen LogP contribution in [0.15, 0.2) is 11.4 Å². The topological polar surface area (TPSA) is 47.6 Å². The summed E-state index contributed by atoms with van der Waals surface area (Å²) in [5, 5.41) is 5.38. The molecule has 0 spiro atoms. The number of methoxy groups -OCH3 is 1. The predicted octanol–water partition coefficient (Wildman–Crippen LogP) is 3.24. The van der Waals surface area contributed by atoms with E-state index in [0.29, 0.717) is 6.61 Å². The van der Waals surface area contributed by atoms with Gasteiger partial charge in [-0.1, -0.05) is 0 Å². The van der Waals surface area contributed by atoms with Crippen molar-refractivity contribution < 1.29 is 14.3 Å². The molecule has 1 aromatic heterocycles. The number of carbonyl (C=O) groups excluding carboxylic acids is 1. The number of thiophene rings is 1. The van der Waals surface area contributed by atoms with Crippen LogP contribution in [0.4, 0.5) is 9.80 Å². The minimum absolute atomic E-state index is 0.432. The Balaban J connectivity index is 2.50. The van der Waals surface area contributed by atoms with Crippen LogP contribution in [0.5, 0.6) is 0 Å². The van der Waals surface area contributed by atoms with Crippen LogP contribution in [0, 0.1) is 0 Å². The maximum atomic E-state index is 11.4. The van der Waals surface area contributed by atoms with Gasteiger partial charge in [0.1, 0.15) is 5.60 Å². The third-order valence-electron chi connectivity index (χ3n) is 1.59. The molecular formula is C11H17NO3S. The van der Waals surface area contributed by atoms with Crippen LogP contribution in [0.25, 0.3) is 0 Å². The molecule has 1 N–H and O–H groups in total. The van der Waals surface area contributed by atoms with Gasteiger partial charge in [0.25, 0.3) is 0 Å². The maximum absolute atomic E-state index is 11.4. The fraction of sp³-hybridized carbons (Fsp3) is 0.545. The molecule has 1 amide bonds. The highest BCUT2D eigenvalue weighted by Gasteiger charge is 2.16. The first-order valence-corrected chi connectivity index (χ1v) is 5.85. The summed E-state index contributed by atoms with van der Waals surface area (Å²) in [6.07, 6.45) is -0.432. The van der Waals surface area contributed by atoms with Gasteiger partial charge in [0.05, 0.1) is 11.6 Å². The summed E-state index contributed by atoms with van der Waals surface area (Å²) in [6, 6.07) is 1.87.